The molecule has 25 nitrogen and oxygen atoms in total. The van der Waals surface area contributed by atoms with Crippen molar-refractivity contribution >= 4 is 69.7 Å². The highest BCUT2D eigenvalue weighted by Crippen LogP contribution is 2.24. The number of phenols is 3. The molecular weight excluding hydrogens is 1180 g/mol. The summed E-state index contributed by atoms with van der Waals surface area (Å²) in [7, 11) is 1.63. The molecule has 0 saturated carbocycles. The maximum absolute atomic E-state index is 14.9. The van der Waals surface area contributed by atoms with E-state index in [0.29, 0.717) is 48.8 Å². The molecule has 496 valence electrons. The van der Waals surface area contributed by atoms with Crippen LogP contribution >= 0.6 is 0 Å². The van der Waals surface area contributed by atoms with Crippen LogP contribution in [0, 0.1) is 11.8 Å². The Labute approximate surface area is 534 Å². The Morgan fingerprint density at radius 3 is 1.73 bits per heavy atom. The summed E-state index contributed by atoms with van der Waals surface area (Å²) in [6.07, 6.45) is 4.79. The molecule has 25 heteroatoms. The topological polar surface area (TPSA) is 401 Å². The molecule has 0 spiro atoms. The largest absolute Gasteiger partial charge is 0.508 e. The van der Waals surface area contributed by atoms with Gasteiger partial charge in [-0.15, -0.1) is 0 Å². The summed E-state index contributed by atoms with van der Waals surface area (Å²) in [4.78, 5) is 144. The number of para-hydroxylation sites is 1. The van der Waals surface area contributed by atoms with Crippen LogP contribution in [-0.2, 0) is 73.6 Å². The normalized spacial score (nSPS) is 20.8. The van der Waals surface area contributed by atoms with Gasteiger partial charge in [0, 0.05) is 61.7 Å². The molecule has 1 saturated heterocycles. The molecule has 6 amide bonds. The number of amides is 6. The first-order chi connectivity index (χ1) is 44.0. The van der Waals surface area contributed by atoms with Crippen LogP contribution in [0.3, 0.4) is 0 Å². The third-order valence-corrected chi connectivity index (χ3v) is 16.2. The molecule has 6 rings (SSSR count). The van der Waals surface area contributed by atoms with Crippen LogP contribution in [0.25, 0.3) is 10.9 Å². The highest BCUT2D eigenvalue weighted by Gasteiger charge is 2.38. The zero-order valence-corrected chi connectivity index (χ0v) is 52.3. The Bertz CT molecular complexity index is 3300. The van der Waals surface area contributed by atoms with E-state index in [1.807, 2.05) is 18.2 Å². The average molecular weight is 1270 g/mol. The second kappa shape index (κ2) is 36.1. The minimum Gasteiger partial charge on any atom is -0.508 e. The monoisotopic (exact) mass is 1270 g/mol. The summed E-state index contributed by atoms with van der Waals surface area (Å²) < 4.78 is 0. The molecule has 1 aromatic heterocycles. The van der Waals surface area contributed by atoms with Gasteiger partial charge in [-0.05, 0) is 110 Å². The Kier molecular flexibility index (Phi) is 28.3. The first-order valence-electron chi connectivity index (χ1n) is 31.3. The molecule has 15 N–H and O–H groups in total. The predicted octanol–water partition coefficient (Wildman–Crippen LogP) is 2.98. The fourth-order valence-electron chi connectivity index (χ4n) is 11.1. The number of ketones is 3. The number of Topliss-reactive ketones (excluding diaryl/α,β-unsaturated/α-hetero) is 3. The number of aromatic hydroxyl groups is 3. The summed E-state index contributed by atoms with van der Waals surface area (Å²) in [5, 5.41) is 69.0. The number of hydrogen-bond donors (Lipinski definition) is 14. The molecule has 0 radical (unpaired) electrons. The number of nitrogens with two attached hydrogens (primary N) is 1. The average Bonchev–Trinajstić information content (AvgIpc) is 2.04. The van der Waals surface area contributed by atoms with Crippen molar-refractivity contribution in [3.63, 3.8) is 0 Å². The second-order valence-electron chi connectivity index (χ2n) is 24.0. The van der Waals surface area contributed by atoms with Crippen molar-refractivity contribution in [1.82, 2.24) is 47.3 Å². The summed E-state index contributed by atoms with van der Waals surface area (Å²) >= 11 is 0. The van der Waals surface area contributed by atoms with Crippen LogP contribution in [0.2, 0.25) is 0 Å². The van der Waals surface area contributed by atoms with Gasteiger partial charge in [-0.1, -0.05) is 107 Å². The van der Waals surface area contributed by atoms with Crippen LogP contribution in [0.4, 0.5) is 0 Å². The number of nitrogens with one attached hydrogen (secondary N) is 8. The SMILES string of the molecule is CN[C@@H](Cc1ccc(O)cc1)C(=O)C[C@H]1CCCCCCCCCN(CC(=O)N[C@@H](Cc2ccc(O)cc2)C(=O)O)N[C@@H](CC(C)C)C(=O)C(=O)C(Cc2ccc(O)cc2)NC(=O)[C@H](CCC(N)=O)NC(=O)C(CO)NC(=O)[C@H](Cc2c[nH]c3ccccc23)NC1=O. The molecule has 1 aliphatic heterocycles. The number of phenolic OH excluding ortho intramolecular Hbond substituents is 3. The highest BCUT2D eigenvalue weighted by molar-refractivity contribution is 6.41. The number of carbonyl (C=O) groups is 10. The molecule has 1 aliphatic rings. The van der Waals surface area contributed by atoms with E-state index < -0.39 is 127 Å². The number of H-pyrrole nitrogens is 1. The first kappa shape index (κ1) is 72.0. The Morgan fingerprint density at radius 2 is 1.14 bits per heavy atom. The fraction of sp³-hybridized carbons (Fsp3) is 0.463. The molecule has 4 aromatic carbocycles. The summed E-state index contributed by atoms with van der Waals surface area (Å²) in [5.41, 5.74) is 11.6. The zero-order chi connectivity index (χ0) is 66.9. The van der Waals surface area contributed by atoms with Gasteiger partial charge in [-0.25, -0.2) is 15.2 Å². The van der Waals surface area contributed by atoms with E-state index in [0.717, 1.165) is 29.3 Å². The Hall–Kier alpha value is -9.04. The van der Waals surface area contributed by atoms with E-state index in [1.165, 1.54) is 65.7 Å². The van der Waals surface area contributed by atoms with E-state index in [4.69, 9.17) is 5.73 Å². The standard InChI is InChI=1S/C67H88N10O15/c1-40(2)31-54-62(86)61(85)53(33-42-18-24-47(80)25-19-42)73-64(88)51(28-29-59(68)83)72-66(90)57(39-78)75-65(89)55(35-45-37-70-50-15-11-10-14-49(45)50)74-63(87)44(36-58(82)52(69-3)32-41-16-22-46(79)23-17-41)13-9-7-5-4-6-8-12-30-77(76-54)38-60(84)71-56(67(91)92)34-43-20-26-48(81)27-21-43/h10-11,14-27,37,40,44,51-57,69-70,76,78-81H,4-9,12-13,28-36,38-39H2,1-3H3,(H2,68,83)(H,71,84)(H,72,90)(H,73,88)(H,74,87)(H,75,89)(H,91,92)/t44-,51+,52+,53?,54+,55+,56+,57?/m1/s1. The van der Waals surface area contributed by atoms with Gasteiger partial charge in [0.2, 0.25) is 47.0 Å². The number of aliphatic hydroxyl groups is 1. The number of carboxylic acids is 1. The van der Waals surface area contributed by atoms with Crippen LogP contribution in [0.1, 0.15) is 113 Å². The van der Waals surface area contributed by atoms with Crippen molar-refractivity contribution < 1.29 is 73.5 Å². The third-order valence-electron chi connectivity index (χ3n) is 16.2. The number of aromatic amines is 1. The number of fused-ring (bicyclic) bond motifs is 1. The van der Waals surface area contributed by atoms with Gasteiger partial charge >= 0.3 is 5.97 Å². The fourth-order valence-corrected chi connectivity index (χ4v) is 11.1. The molecule has 92 heavy (non-hydrogen) atoms. The molecule has 0 aliphatic carbocycles. The summed E-state index contributed by atoms with van der Waals surface area (Å²) in [5.74, 6) is -10.4. The second-order valence-corrected chi connectivity index (χ2v) is 24.0. The van der Waals surface area contributed by atoms with E-state index in [9.17, 15) is 73.5 Å². The number of aliphatic hydroxyl groups excluding tert-OH is 1. The molecular formula is C67H88N10O15. The summed E-state index contributed by atoms with van der Waals surface area (Å²) in [6.45, 7) is 2.21. The highest BCUT2D eigenvalue weighted by atomic mass is 16.4. The first-order valence-corrected chi connectivity index (χ1v) is 31.3. The number of hydrazine groups is 1. The number of nitrogens with zero attached hydrogens (tertiary/aromatic N) is 1. The van der Waals surface area contributed by atoms with Crippen molar-refractivity contribution in [3.05, 3.63) is 126 Å². The van der Waals surface area contributed by atoms with Gasteiger partial charge in [-0.2, -0.15) is 0 Å². The molecule has 8 atom stereocenters. The summed E-state index contributed by atoms with van der Waals surface area (Å²) in [6, 6.07) is 15.0. The molecule has 0 bridgehead atoms. The van der Waals surface area contributed by atoms with Crippen molar-refractivity contribution in [2.45, 2.75) is 159 Å². The lowest BCUT2D eigenvalue weighted by atomic mass is 9.90. The minimum absolute atomic E-state index is 0.0292. The zero-order valence-electron chi connectivity index (χ0n) is 52.3. The molecule has 1 fully saturated rings. The minimum atomic E-state index is -1.80. The van der Waals surface area contributed by atoms with Crippen molar-refractivity contribution in [2.75, 3.05) is 26.7 Å². The van der Waals surface area contributed by atoms with Crippen molar-refractivity contribution in [1.29, 1.82) is 0 Å². The van der Waals surface area contributed by atoms with Gasteiger partial charge in [0.05, 0.1) is 31.3 Å². The third kappa shape index (κ3) is 23.0. The quantitative estimate of drug-likeness (QED) is 0.0443. The Balaban J connectivity index is 1.35. The lowest BCUT2D eigenvalue weighted by molar-refractivity contribution is -0.142. The van der Waals surface area contributed by atoms with Crippen LogP contribution in [0.5, 0.6) is 17.2 Å². The number of likely N-dealkylation sites (N-methyl/N-ethyl adjacent to an activating group) is 1. The van der Waals surface area contributed by atoms with E-state index in [1.54, 1.807) is 45.3 Å². The van der Waals surface area contributed by atoms with E-state index >= 15 is 0 Å². The van der Waals surface area contributed by atoms with Crippen LogP contribution in [0.15, 0.2) is 103 Å². The number of carboxylic acid groups (broad SMARTS) is 1. The van der Waals surface area contributed by atoms with E-state index in [-0.39, 0.29) is 80.4 Å². The number of aliphatic carboxylic acids is 1. The van der Waals surface area contributed by atoms with Crippen LogP contribution < -0.4 is 43.1 Å². The van der Waals surface area contributed by atoms with Gasteiger partial charge in [0.1, 0.15) is 41.4 Å². The number of rotatable bonds is 22. The predicted molar refractivity (Wildman–Crippen MR) is 341 cm³/mol. The van der Waals surface area contributed by atoms with Crippen molar-refractivity contribution in [3.8, 4) is 17.2 Å². The number of aromatic nitrogens is 1. The van der Waals surface area contributed by atoms with E-state index in [2.05, 4.69) is 42.3 Å². The lowest BCUT2D eigenvalue weighted by Crippen LogP contribution is -2.60. The maximum Gasteiger partial charge on any atom is 0.326 e. The number of carbonyl (C=O) groups excluding carboxylic acids is 9. The molecule has 2 unspecified atom stereocenters. The maximum atomic E-state index is 14.9. The van der Waals surface area contributed by atoms with Gasteiger partial charge in [0.15, 0.2) is 5.78 Å². The number of benzene rings is 4. The Morgan fingerprint density at radius 1 is 0.620 bits per heavy atom. The lowest BCUT2D eigenvalue weighted by Gasteiger charge is -2.30. The van der Waals surface area contributed by atoms with Crippen LogP contribution in [-0.4, -0.2) is 163 Å². The van der Waals surface area contributed by atoms with Gasteiger partial charge in [-0.3, -0.25) is 43.2 Å². The van der Waals surface area contributed by atoms with Gasteiger partial charge in [0.25, 0.3) is 0 Å². The van der Waals surface area contributed by atoms with Gasteiger partial charge < -0.3 is 68.2 Å². The molecule has 2 heterocycles. The molecule has 5 aromatic rings. The number of hydrogen-bond acceptors (Lipinski definition) is 17. The van der Waals surface area contributed by atoms with Crippen molar-refractivity contribution in [2.24, 2.45) is 17.6 Å². The smallest absolute Gasteiger partial charge is 0.326 e. The number of primary amides is 1.